The van der Waals surface area contributed by atoms with Crippen LogP contribution in [0.4, 0.5) is 4.39 Å². The van der Waals surface area contributed by atoms with E-state index >= 15 is 0 Å². The van der Waals surface area contributed by atoms with Gasteiger partial charge in [-0.3, -0.25) is 4.68 Å². The molecule has 0 atom stereocenters. The predicted octanol–water partition coefficient (Wildman–Crippen LogP) is 2.25. The highest BCUT2D eigenvalue weighted by atomic mass is 19.1. The summed E-state index contributed by atoms with van der Waals surface area (Å²) in [6.45, 7) is 4.90. The molecule has 1 aromatic heterocycles. The van der Waals surface area contributed by atoms with Crippen molar-refractivity contribution >= 4 is 0 Å². The molecule has 0 fully saturated rings. The summed E-state index contributed by atoms with van der Waals surface area (Å²) in [5.41, 5.74) is 3.01. The monoisotopic (exact) mass is 278 g/mol. The van der Waals surface area contributed by atoms with E-state index in [0.717, 1.165) is 17.0 Å². The predicted molar refractivity (Wildman–Crippen MR) is 74.4 cm³/mol. The zero-order valence-corrected chi connectivity index (χ0v) is 11.8. The van der Waals surface area contributed by atoms with Crippen molar-refractivity contribution in [3.05, 3.63) is 47.0 Å². The summed E-state index contributed by atoms with van der Waals surface area (Å²) in [5.74, 6) is -0.105. The van der Waals surface area contributed by atoms with Gasteiger partial charge in [0.15, 0.2) is 11.6 Å². The lowest BCUT2D eigenvalue weighted by molar-refractivity contribution is 0.276. The molecule has 0 aliphatic carbocycles. The van der Waals surface area contributed by atoms with Crippen LogP contribution in [0.5, 0.6) is 5.75 Å². The molecule has 0 bridgehead atoms. The number of halogens is 1. The van der Waals surface area contributed by atoms with Gasteiger partial charge in [0.25, 0.3) is 0 Å². The maximum absolute atomic E-state index is 13.4. The molecule has 0 saturated heterocycles. The second-order valence-corrected chi connectivity index (χ2v) is 4.63. The molecular weight excluding hydrogens is 259 g/mol. The fourth-order valence-electron chi connectivity index (χ4n) is 2.23. The van der Waals surface area contributed by atoms with E-state index in [-0.39, 0.29) is 18.2 Å². The minimum atomic E-state index is -0.359. The van der Waals surface area contributed by atoms with Gasteiger partial charge in [0.1, 0.15) is 6.61 Å². The Kier molecular flexibility index (Phi) is 4.74. The van der Waals surface area contributed by atoms with Crippen molar-refractivity contribution in [2.45, 2.75) is 26.8 Å². The van der Waals surface area contributed by atoms with E-state index in [1.165, 1.54) is 6.07 Å². The highest BCUT2D eigenvalue weighted by Gasteiger charge is 2.11. The second kappa shape index (κ2) is 6.52. The van der Waals surface area contributed by atoms with Gasteiger partial charge in [0.05, 0.1) is 12.2 Å². The first kappa shape index (κ1) is 14.5. The molecule has 1 N–H and O–H groups in total. The largest absolute Gasteiger partial charge is 0.489 e. The maximum Gasteiger partial charge on any atom is 0.165 e. The molecule has 108 valence electrons. The van der Waals surface area contributed by atoms with Crippen LogP contribution in [-0.4, -0.2) is 28.1 Å². The van der Waals surface area contributed by atoms with Gasteiger partial charge in [-0.05, 0) is 38.0 Å². The third kappa shape index (κ3) is 3.17. The van der Waals surface area contributed by atoms with Crippen molar-refractivity contribution in [3.8, 4) is 5.75 Å². The molecular formula is C15H19FN2O2. The number of aryl methyl sites for hydroxylation is 1. The first-order chi connectivity index (χ1) is 9.63. The van der Waals surface area contributed by atoms with Gasteiger partial charge in [-0.1, -0.05) is 12.1 Å². The molecule has 1 aromatic carbocycles. The van der Waals surface area contributed by atoms with Crippen molar-refractivity contribution in [2.24, 2.45) is 0 Å². The molecule has 1 heterocycles. The van der Waals surface area contributed by atoms with Gasteiger partial charge in [-0.25, -0.2) is 4.39 Å². The van der Waals surface area contributed by atoms with E-state index in [4.69, 9.17) is 9.84 Å². The molecule has 0 amide bonds. The molecule has 20 heavy (non-hydrogen) atoms. The molecule has 0 unspecified atom stereocenters. The Morgan fingerprint density at radius 2 is 2.05 bits per heavy atom. The number of hydrogen-bond acceptors (Lipinski definition) is 3. The fourth-order valence-corrected chi connectivity index (χ4v) is 2.23. The summed E-state index contributed by atoms with van der Waals surface area (Å²) in [7, 11) is 0. The van der Waals surface area contributed by atoms with Crippen molar-refractivity contribution < 1.29 is 14.2 Å². The van der Waals surface area contributed by atoms with Crippen LogP contribution in [0.1, 0.15) is 17.0 Å². The number of hydrogen-bond donors (Lipinski definition) is 1. The topological polar surface area (TPSA) is 47.3 Å². The smallest absolute Gasteiger partial charge is 0.165 e. The quantitative estimate of drug-likeness (QED) is 0.881. The van der Waals surface area contributed by atoms with Crippen LogP contribution in [0.15, 0.2) is 24.3 Å². The van der Waals surface area contributed by atoms with Crippen LogP contribution in [0.3, 0.4) is 0 Å². The lowest BCUT2D eigenvalue weighted by atomic mass is 10.1. The second-order valence-electron chi connectivity index (χ2n) is 4.63. The number of aliphatic hydroxyl groups excluding tert-OH is 1. The summed E-state index contributed by atoms with van der Waals surface area (Å²) < 4.78 is 20.6. The van der Waals surface area contributed by atoms with Gasteiger partial charge in [0.2, 0.25) is 0 Å². The van der Waals surface area contributed by atoms with E-state index in [0.29, 0.717) is 19.6 Å². The molecule has 2 aromatic rings. The summed E-state index contributed by atoms with van der Waals surface area (Å²) in [5, 5.41) is 13.4. The normalized spacial score (nSPS) is 10.8. The zero-order valence-electron chi connectivity index (χ0n) is 11.8. The first-order valence-electron chi connectivity index (χ1n) is 6.64. The molecule has 4 nitrogen and oxygen atoms in total. The van der Waals surface area contributed by atoms with Crippen LogP contribution < -0.4 is 4.74 Å². The first-order valence-corrected chi connectivity index (χ1v) is 6.64. The highest BCUT2D eigenvalue weighted by Crippen LogP contribution is 2.16. The fraction of sp³-hybridized carbons (Fsp3) is 0.400. The molecule has 0 aliphatic heterocycles. The lowest BCUT2D eigenvalue weighted by Gasteiger charge is -2.08. The summed E-state index contributed by atoms with van der Waals surface area (Å²) in [4.78, 5) is 0. The zero-order chi connectivity index (χ0) is 14.5. The Balaban J connectivity index is 1.98. The molecule has 0 radical (unpaired) electrons. The molecule has 0 saturated carbocycles. The van der Waals surface area contributed by atoms with Crippen LogP contribution in [0.25, 0.3) is 0 Å². The van der Waals surface area contributed by atoms with E-state index in [1.54, 1.807) is 18.2 Å². The van der Waals surface area contributed by atoms with Crippen molar-refractivity contribution in [2.75, 3.05) is 13.2 Å². The van der Waals surface area contributed by atoms with Gasteiger partial charge in [-0.15, -0.1) is 0 Å². The van der Waals surface area contributed by atoms with Crippen molar-refractivity contribution in [3.63, 3.8) is 0 Å². The van der Waals surface area contributed by atoms with E-state index in [9.17, 15) is 4.39 Å². The van der Waals surface area contributed by atoms with E-state index < -0.39 is 0 Å². The van der Waals surface area contributed by atoms with E-state index in [1.807, 2.05) is 18.5 Å². The SMILES string of the molecule is Cc1nn(CCOc2ccccc2F)c(C)c1CCO. The van der Waals surface area contributed by atoms with Gasteiger partial charge in [-0.2, -0.15) is 5.10 Å². The van der Waals surface area contributed by atoms with Crippen molar-refractivity contribution in [1.82, 2.24) is 9.78 Å². The summed E-state index contributed by atoms with van der Waals surface area (Å²) in [6.07, 6.45) is 0.603. The third-order valence-electron chi connectivity index (χ3n) is 3.29. The summed E-state index contributed by atoms with van der Waals surface area (Å²) >= 11 is 0. The Labute approximate surface area is 117 Å². The van der Waals surface area contributed by atoms with Crippen LogP contribution in [0, 0.1) is 19.7 Å². The number of benzene rings is 1. The summed E-state index contributed by atoms with van der Waals surface area (Å²) in [6, 6.07) is 6.34. The highest BCUT2D eigenvalue weighted by molar-refractivity contribution is 5.25. The van der Waals surface area contributed by atoms with Crippen molar-refractivity contribution in [1.29, 1.82) is 0 Å². The Bertz CT molecular complexity index is 581. The van der Waals surface area contributed by atoms with Crippen LogP contribution in [0.2, 0.25) is 0 Å². The van der Waals surface area contributed by atoms with Crippen LogP contribution in [-0.2, 0) is 13.0 Å². The standard InChI is InChI=1S/C15H19FN2O2/c1-11-13(7-9-19)12(2)18(17-11)8-10-20-15-6-4-3-5-14(15)16/h3-6,19H,7-10H2,1-2H3. The van der Waals surface area contributed by atoms with E-state index in [2.05, 4.69) is 5.10 Å². The Hall–Kier alpha value is -1.88. The number of ether oxygens (including phenoxy) is 1. The van der Waals surface area contributed by atoms with Gasteiger partial charge in [0, 0.05) is 12.3 Å². The average molecular weight is 278 g/mol. The Morgan fingerprint density at radius 3 is 2.75 bits per heavy atom. The number of para-hydroxylation sites is 1. The lowest BCUT2D eigenvalue weighted by Crippen LogP contribution is -2.11. The minimum Gasteiger partial charge on any atom is -0.489 e. The number of aliphatic hydroxyl groups is 1. The molecule has 2 rings (SSSR count). The molecule has 0 aliphatic rings. The number of rotatable bonds is 6. The van der Waals surface area contributed by atoms with Gasteiger partial charge >= 0.3 is 0 Å². The Morgan fingerprint density at radius 1 is 1.30 bits per heavy atom. The molecule has 5 heteroatoms. The minimum absolute atomic E-state index is 0.110. The van der Waals surface area contributed by atoms with Gasteiger partial charge < -0.3 is 9.84 Å². The number of nitrogens with zero attached hydrogens (tertiary/aromatic N) is 2. The molecule has 0 spiro atoms. The van der Waals surface area contributed by atoms with Crippen LogP contribution >= 0.6 is 0 Å². The number of aromatic nitrogens is 2. The average Bonchev–Trinajstić information content (AvgIpc) is 2.69. The maximum atomic E-state index is 13.4. The third-order valence-corrected chi connectivity index (χ3v) is 3.29.